The highest BCUT2D eigenvalue weighted by Gasteiger charge is 2.60. The van der Waals surface area contributed by atoms with Crippen molar-refractivity contribution >= 4 is 71.8 Å². The Kier molecular flexibility index (Phi) is 8.91. The maximum atomic E-state index is 2.64. The van der Waals surface area contributed by atoms with Gasteiger partial charge in [-0.1, -0.05) is 148 Å². The highest BCUT2D eigenvalue weighted by Crippen LogP contribution is 2.62. The van der Waals surface area contributed by atoms with Crippen LogP contribution >= 0.6 is 0 Å². The average molecular weight is 773 g/mol. The summed E-state index contributed by atoms with van der Waals surface area (Å²) in [5, 5.41) is 5.39. The molecule has 0 unspecified atom stereocenters. The third-order valence-electron chi connectivity index (χ3n) is 12.6. The van der Waals surface area contributed by atoms with Gasteiger partial charge in [0.2, 0.25) is 0 Å². The molecule has 0 aromatic heterocycles. The molecule has 8 aromatic rings. The Morgan fingerprint density at radius 2 is 0.842 bits per heavy atom. The normalized spacial score (nSPS) is 13.4. The zero-order valence-corrected chi connectivity index (χ0v) is 36.6. The second kappa shape index (κ2) is 13.8. The summed E-state index contributed by atoms with van der Waals surface area (Å²) in [6, 6.07) is 63.3. The molecule has 0 N–H and O–H groups in total. The SMILES string of the molecule is Cc1ccccc1N(c1ccccc1)c1ccc2c(c1)C([Si](C)(C)C)([Si](C)(C)C)c1c-2c2ccccc2c2cc(N(c3ccccc3)c3ccccc3C)ccc12. The van der Waals surface area contributed by atoms with Gasteiger partial charge in [-0.3, -0.25) is 0 Å². The van der Waals surface area contributed by atoms with E-state index in [0.29, 0.717) is 0 Å². The molecule has 0 saturated heterocycles. The number of nitrogens with zero attached hydrogens (tertiary/aromatic N) is 2. The van der Waals surface area contributed by atoms with Crippen molar-refractivity contribution in [3.63, 3.8) is 0 Å². The first-order valence-corrected chi connectivity index (χ1v) is 27.4. The van der Waals surface area contributed by atoms with Crippen LogP contribution in [0.4, 0.5) is 34.1 Å². The molecule has 0 bridgehead atoms. The first-order valence-electron chi connectivity index (χ1n) is 20.4. The van der Waals surface area contributed by atoms with Gasteiger partial charge in [0.05, 0.1) is 16.1 Å². The Balaban J connectivity index is 1.37. The van der Waals surface area contributed by atoms with Crippen LogP contribution in [-0.4, -0.2) is 16.1 Å². The summed E-state index contributed by atoms with van der Waals surface area (Å²) >= 11 is 0. The molecule has 8 aromatic carbocycles. The first kappa shape index (κ1) is 36.9. The minimum atomic E-state index is -2.06. The van der Waals surface area contributed by atoms with Gasteiger partial charge in [-0.2, -0.15) is 0 Å². The summed E-state index contributed by atoms with van der Waals surface area (Å²) in [4.78, 5) is 4.91. The number of rotatable bonds is 8. The second-order valence-electron chi connectivity index (χ2n) is 17.9. The van der Waals surface area contributed by atoms with Gasteiger partial charge in [-0.25, -0.2) is 0 Å². The molecule has 9 rings (SSSR count). The zero-order chi connectivity index (χ0) is 39.7. The average Bonchev–Trinajstić information content (AvgIpc) is 3.53. The predicted molar refractivity (Wildman–Crippen MR) is 253 cm³/mol. The quantitative estimate of drug-likeness (QED) is 0.112. The van der Waals surface area contributed by atoms with E-state index < -0.39 is 16.1 Å². The fraction of sp³-hybridized carbons (Fsp3) is 0.170. The van der Waals surface area contributed by atoms with Crippen LogP contribution in [0.2, 0.25) is 39.3 Å². The van der Waals surface area contributed by atoms with E-state index >= 15 is 0 Å². The van der Waals surface area contributed by atoms with Gasteiger partial charge < -0.3 is 9.80 Å². The third-order valence-corrected chi connectivity index (χ3v) is 22.6. The number of aryl methyl sites for hydroxylation is 2. The van der Waals surface area contributed by atoms with Gasteiger partial charge >= 0.3 is 0 Å². The summed E-state index contributed by atoms with van der Waals surface area (Å²) in [5.74, 6) is 0. The molecule has 282 valence electrons. The molecule has 0 amide bonds. The second-order valence-corrected chi connectivity index (χ2v) is 28.9. The van der Waals surface area contributed by atoms with E-state index in [1.807, 2.05) is 0 Å². The molecule has 2 nitrogen and oxygen atoms in total. The van der Waals surface area contributed by atoms with Crippen molar-refractivity contribution in [2.45, 2.75) is 57.8 Å². The summed E-state index contributed by atoms with van der Waals surface area (Å²) < 4.78 is -0.0757. The highest BCUT2D eigenvalue weighted by atomic mass is 28.4. The summed E-state index contributed by atoms with van der Waals surface area (Å²) in [7, 11) is -4.12. The van der Waals surface area contributed by atoms with Crippen molar-refractivity contribution in [1.29, 1.82) is 0 Å². The lowest BCUT2D eigenvalue weighted by atomic mass is 9.91. The Morgan fingerprint density at radius 1 is 0.386 bits per heavy atom. The third kappa shape index (κ3) is 5.72. The van der Waals surface area contributed by atoms with Crippen LogP contribution in [-0.2, 0) is 4.66 Å². The van der Waals surface area contributed by atoms with Gasteiger partial charge in [-0.05, 0) is 129 Å². The van der Waals surface area contributed by atoms with Crippen LogP contribution in [0, 0.1) is 13.8 Å². The Labute approximate surface area is 341 Å². The van der Waals surface area contributed by atoms with Crippen molar-refractivity contribution in [1.82, 2.24) is 0 Å². The van der Waals surface area contributed by atoms with Crippen LogP contribution in [0.15, 0.2) is 170 Å². The van der Waals surface area contributed by atoms with Gasteiger partial charge in [0.25, 0.3) is 0 Å². The van der Waals surface area contributed by atoms with E-state index in [1.54, 1.807) is 5.56 Å². The number of anilines is 6. The maximum absolute atomic E-state index is 2.64. The number of benzene rings is 8. The van der Waals surface area contributed by atoms with E-state index in [4.69, 9.17) is 0 Å². The molecule has 0 atom stereocenters. The Bertz CT molecular complexity index is 2780. The van der Waals surface area contributed by atoms with Crippen LogP contribution in [0.5, 0.6) is 0 Å². The summed E-state index contributed by atoms with van der Waals surface area (Å²) in [6.45, 7) is 20.3. The molecule has 0 heterocycles. The fourth-order valence-corrected chi connectivity index (χ4v) is 23.7. The molecule has 57 heavy (non-hydrogen) atoms. The largest absolute Gasteiger partial charge is 0.310 e. The van der Waals surface area contributed by atoms with E-state index in [-0.39, 0.29) is 4.66 Å². The molecule has 0 saturated carbocycles. The van der Waals surface area contributed by atoms with Crippen molar-refractivity contribution in [2.75, 3.05) is 9.80 Å². The highest BCUT2D eigenvalue weighted by molar-refractivity contribution is 7.00. The van der Waals surface area contributed by atoms with Gasteiger partial charge in [0.15, 0.2) is 0 Å². The van der Waals surface area contributed by atoms with Crippen LogP contribution < -0.4 is 9.80 Å². The van der Waals surface area contributed by atoms with Gasteiger partial charge in [0, 0.05) is 38.8 Å². The number of hydrogen-bond acceptors (Lipinski definition) is 2. The van der Waals surface area contributed by atoms with E-state index in [0.717, 1.165) is 5.69 Å². The Hall–Kier alpha value is -5.69. The summed E-state index contributed by atoms with van der Waals surface area (Å²) in [5.41, 5.74) is 15.6. The zero-order valence-electron chi connectivity index (χ0n) is 34.6. The monoisotopic (exact) mass is 772 g/mol. The van der Waals surface area contributed by atoms with Gasteiger partial charge in [-0.15, -0.1) is 0 Å². The molecule has 0 aliphatic heterocycles. The van der Waals surface area contributed by atoms with Crippen LogP contribution in [0.3, 0.4) is 0 Å². The smallest absolute Gasteiger partial charge is 0.0579 e. The summed E-state index contributed by atoms with van der Waals surface area (Å²) in [6.07, 6.45) is 0. The van der Waals surface area contributed by atoms with E-state index in [9.17, 15) is 0 Å². The molecule has 1 aliphatic rings. The standard InChI is InChI=1S/C53H52N2Si2/c1-37-21-15-19-29-49(37)54(39-23-11-9-12-24-39)41-31-33-45-47(35-41)43-27-17-18-28-44(43)51-46-34-32-42(36-48(46)53(52(45)51,56(3,4)5)57(6,7)8)55(40-25-13-10-14-26-40)50-30-20-16-22-38(50)2/h9-36H,1-8H3. The lowest BCUT2D eigenvalue weighted by Crippen LogP contribution is -2.63. The molecule has 0 fully saturated rings. The maximum Gasteiger partial charge on any atom is 0.0579 e. The minimum absolute atomic E-state index is 0.0757. The number of fused-ring (bicyclic) bond motifs is 8. The lowest BCUT2D eigenvalue weighted by molar-refractivity contribution is 0.962. The van der Waals surface area contributed by atoms with Crippen molar-refractivity contribution in [3.8, 4) is 11.1 Å². The predicted octanol–water partition coefficient (Wildman–Crippen LogP) is 15.6. The fourth-order valence-electron chi connectivity index (χ4n) is 10.6. The van der Waals surface area contributed by atoms with E-state index in [2.05, 4.69) is 233 Å². The molecular formula is C53H52N2Si2. The van der Waals surface area contributed by atoms with Gasteiger partial charge in [0.1, 0.15) is 0 Å². The molecule has 1 aliphatic carbocycles. The molecule has 4 heteroatoms. The van der Waals surface area contributed by atoms with Crippen LogP contribution in [0.1, 0.15) is 22.3 Å². The minimum Gasteiger partial charge on any atom is -0.310 e. The van der Waals surface area contributed by atoms with Crippen molar-refractivity contribution in [2.24, 2.45) is 0 Å². The molecule has 0 radical (unpaired) electrons. The van der Waals surface area contributed by atoms with Crippen LogP contribution in [0.25, 0.3) is 32.7 Å². The van der Waals surface area contributed by atoms with E-state index in [1.165, 1.54) is 77.8 Å². The number of para-hydroxylation sites is 4. The Morgan fingerprint density at radius 3 is 1.37 bits per heavy atom. The topological polar surface area (TPSA) is 6.48 Å². The molecular weight excluding hydrogens is 721 g/mol. The van der Waals surface area contributed by atoms with Crippen molar-refractivity contribution in [3.05, 3.63) is 192 Å². The lowest BCUT2D eigenvalue weighted by Gasteiger charge is -2.52. The first-order chi connectivity index (χ1) is 27.4. The molecule has 0 spiro atoms. The van der Waals surface area contributed by atoms with Crippen molar-refractivity contribution < 1.29 is 0 Å². The number of hydrogen-bond donors (Lipinski definition) is 0.